The smallest absolute Gasteiger partial charge is 0.150 e. The van der Waals surface area contributed by atoms with Gasteiger partial charge in [-0.3, -0.25) is 5.01 Å². The third-order valence-corrected chi connectivity index (χ3v) is 8.15. The molecule has 2 rings (SSSR count). The number of nitrogens with zero attached hydrogens (tertiary/aromatic N) is 2. The minimum Gasteiger partial charge on any atom is -0.385 e. The van der Waals surface area contributed by atoms with Crippen molar-refractivity contribution in [2.75, 3.05) is 18.6 Å². The molecular formula is C36H60N4. The highest BCUT2D eigenvalue weighted by Gasteiger charge is 2.07. The molecule has 1 atom stereocenters. The molecule has 0 aliphatic heterocycles. The number of allylic oxidation sites excluding steroid dienone is 2. The van der Waals surface area contributed by atoms with E-state index in [0.29, 0.717) is 5.84 Å². The molecule has 0 amide bonds. The lowest BCUT2D eigenvalue weighted by Gasteiger charge is -2.16. The van der Waals surface area contributed by atoms with Crippen molar-refractivity contribution in [2.24, 2.45) is 16.8 Å². The highest BCUT2D eigenvalue weighted by molar-refractivity contribution is 6.00. The van der Waals surface area contributed by atoms with Gasteiger partial charge < -0.3 is 11.1 Å². The minimum absolute atomic E-state index is 0.553. The van der Waals surface area contributed by atoms with Crippen LogP contribution in [0.25, 0.3) is 5.70 Å². The second kappa shape index (κ2) is 21.3. The molecule has 1 aromatic carbocycles. The molecule has 1 aliphatic rings. The predicted octanol–water partition coefficient (Wildman–Crippen LogP) is 10.1. The lowest BCUT2D eigenvalue weighted by molar-refractivity contribution is 0.431. The summed E-state index contributed by atoms with van der Waals surface area (Å²) in [4.78, 5) is 0. The van der Waals surface area contributed by atoms with Crippen LogP contribution in [0.2, 0.25) is 0 Å². The van der Waals surface area contributed by atoms with Crippen molar-refractivity contribution in [3.8, 4) is 0 Å². The van der Waals surface area contributed by atoms with Crippen LogP contribution in [0, 0.1) is 5.92 Å². The molecule has 1 unspecified atom stereocenters. The standard InChI is InChI=1S/C36H60N4/c1-5-6-7-8-13-17-22-31(2)23-18-14-11-9-10-12-15-21-30-38-32(3)33-26-28-35(29-27-33)40(4)39-36(37)34-24-19-16-20-25-34/h19,24-29,31,38H,3,5-18,20-23,30H2,1-2,4H3,(H2,37,39). The second-order valence-corrected chi connectivity index (χ2v) is 11.9. The van der Waals surface area contributed by atoms with Crippen LogP contribution in [0.5, 0.6) is 0 Å². The number of rotatable bonds is 23. The average molecular weight is 549 g/mol. The number of nitrogens with one attached hydrogen (secondary N) is 1. The summed E-state index contributed by atoms with van der Waals surface area (Å²) in [6.45, 7) is 9.99. The van der Waals surface area contributed by atoms with Crippen LogP contribution in [-0.4, -0.2) is 19.4 Å². The summed E-state index contributed by atoms with van der Waals surface area (Å²) in [5.74, 6) is 1.48. The van der Waals surface area contributed by atoms with Gasteiger partial charge in [0.05, 0.1) is 5.69 Å². The molecule has 0 spiro atoms. The Morgan fingerprint density at radius 1 is 0.875 bits per heavy atom. The Labute approximate surface area is 247 Å². The van der Waals surface area contributed by atoms with Gasteiger partial charge in [0, 0.05) is 24.9 Å². The highest BCUT2D eigenvalue weighted by atomic mass is 15.4. The van der Waals surface area contributed by atoms with Gasteiger partial charge in [-0.05, 0) is 42.9 Å². The molecule has 0 saturated heterocycles. The largest absolute Gasteiger partial charge is 0.385 e. The van der Waals surface area contributed by atoms with Crippen molar-refractivity contribution in [1.29, 1.82) is 0 Å². The van der Waals surface area contributed by atoms with Gasteiger partial charge in [-0.2, -0.15) is 5.10 Å². The van der Waals surface area contributed by atoms with Crippen molar-refractivity contribution >= 4 is 17.2 Å². The van der Waals surface area contributed by atoms with Crippen molar-refractivity contribution in [2.45, 2.75) is 129 Å². The summed E-state index contributed by atoms with van der Waals surface area (Å²) in [6.07, 6.45) is 30.7. The van der Waals surface area contributed by atoms with E-state index < -0.39 is 0 Å². The lowest BCUT2D eigenvalue weighted by Crippen LogP contribution is -2.21. The molecule has 4 heteroatoms. The van der Waals surface area contributed by atoms with E-state index in [0.717, 1.165) is 47.8 Å². The fraction of sp³-hybridized carbons (Fsp3) is 0.639. The molecule has 40 heavy (non-hydrogen) atoms. The molecule has 0 bridgehead atoms. The third-order valence-electron chi connectivity index (χ3n) is 8.15. The SMILES string of the molecule is C=C(NCCCCCCCCCCC(C)CCCCCCCC)c1ccc(N(C)/N=C(\N)C2=CCCC=C2)cc1. The molecule has 0 heterocycles. The Balaban J connectivity index is 1.47. The minimum atomic E-state index is 0.553. The molecule has 224 valence electrons. The molecule has 3 N–H and O–H groups in total. The van der Waals surface area contributed by atoms with E-state index >= 15 is 0 Å². The number of unbranched alkanes of at least 4 members (excludes halogenated alkanes) is 12. The fourth-order valence-electron chi connectivity index (χ4n) is 5.40. The molecule has 1 aromatic rings. The Bertz CT molecular complexity index is 896. The van der Waals surface area contributed by atoms with Gasteiger partial charge in [0.25, 0.3) is 0 Å². The van der Waals surface area contributed by atoms with Crippen LogP contribution in [0.15, 0.2) is 59.7 Å². The molecule has 4 nitrogen and oxygen atoms in total. The molecule has 0 saturated carbocycles. The van der Waals surface area contributed by atoms with E-state index in [4.69, 9.17) is 5.73 Å². The van der Waals surface area contributed by atoms with E-state index in [1.54, 1.807) is 0 Å². The van der Waals surface area contributed by atoms with Crippen LogP contribution < -0.4 is 16.1 Å². The first-order valence-electron chi connectivity index (χ1n) is 16.5. The Kier molecular flexibility index (Phi) is 17.9. The zero-order valence-electron chi connectivity index (χ0n) is 26.2. The summed E-state index contributed by atoms with van der Waals surface area (Å²) in [7, 11) is 1.93. The van der Waals surface area contributed by atoms with Gasteiger partial charge in [0.2, 0.25) is 0 Å². The van der Waals surface area contributed by atoms with Gasteiger partial charge in [0.15, 0.2) is 5.84 Å². The first-order chi connectivity index (χ1) is 19.5. The summed E-state index contributed by atoms with van der Waals surface area (Å²) < 4.78 is 0. The molecular weight excluding hydrogens is 488 g/mol. The topological polar surface area (TPSA) is 53.6 Å². The average Bonchev–Trinajstić information content (AvgIpc) is 2.98. The molecule has 0 aromatic heterocycles. The molecule has 0 fully saturated rings. The first kappa shape index (κ1) is 33.7. The van der Waals surface area contributed by atoms with Gasteiger partial charge in [-0.15, -0.1) is 0 Å². The Hall–Kier alpha value is -2.49. The summed E-state index contributed by atoms with van der Waals surface area (Å²) >= 11 is 0. The summed E-state index contributed by atoms with van der Waals surface area (Å²) in [5.41, 5.74) is 10.3. The van der Waals surface area contributed by atoms with Crippen LogP contribution in [-0.2, 0) is 0 Å². The lowest BCUT2D eigenvalue weighted by atomic mass is 9.96. The quantitative estimate of drug-likeness (QED) is 0.0619. The summed E-state index contributed by atoms with van der Waals surface area (Å²) in [5, 5.41) is 9.89. The van der Waals surface area contributed by atoms with E-state index in [1.807, 2.05) is 12.1 Å². The number of anilines is 1. The van der Waals surface area contributed by atoms with Crippen molar-refractivity contribution in [1.82, 2.24) is 5.32 Å². The van der Waals surface area contributed by atoms with E-state index in [-0.39, 0.29) is 0 Å². The zero-order chi connectivity index (χ0) is 28.8. The zero-order valence-corrected chi connectivity index (χ0v) is 26.2. The highest BCUT2D eigenvalue weighted by Crippen LogP contribution is 2.20. The van der Waals surface area contributed by atoms with Gasteiger partial charge in [-0.25, -0.2) is 0 Å². The second-order valence-electron chi connectivity index (χ2n) is 11.9. The van der Waals surface area contributed by atoms with Crippen molar-refractivity contribution < 1.29 is 0 Å². The van der Waals surface area contributed by atoms with Gasteiger partial charge in [-0.1, -0.05) is 147 Å². The van der Waals surface area contributed by atoms with Gasteiger partial charge in [0.1, 0.15) is 0 Å². The number of hydrazone groups is 1. The van der Waals surface area contributed by atoms with E-state index in [2.05, 4.69) is 73.3 Å². The van der Waals surface area contributed by atoms with Crippen LogP contribution >= 0.6 is 0 Å². The van der Waals surface area contributed by atoms with Crippen LogP contribution in [0.3, 0.4) is 0 Å². The normalized spacial score (nSPS) is 14.2. The Morgan fingerprint density at radius 2 is 1.45 bits per heavy atom. The number of amidine groups is 1. The van der Waals surface area contributed by atoms with E-state index in [9.17, 15) is 0 Å². The fourth-order valence-corrected chi connectivity index (χ4v) is 5.40. The molecule has 1 aliphatic carbocycles. The maximum Gasteiger partial charge on any atom is 0.150 e. The maximum atomic E-state index is 6.19. The number of hydrogen-bond acceptors (Lipinski definition) is 3. The van der Waals surface area contributed by atoms with Crippen molar-refractivity contribution in [3.63, 3.8) is 0 Å². The maximum absolute atomic E-state index is 6.19. The number of nitrogens with two attached hydrogens (primary N) is 1. The van der Waals surface area contributed by atoms with Crippen LogP contribution in [0.4, 0.5) is 5.69 Å². The van der Waals surface area contributed by atoms with E-state index in [1.165, 1.54) is 103 Å². The monoisotopic (exact) mass is 548 g/mol. The predicted molar refractivity (Wildman–Crippen MR) is 179 cm³/mol. The summed E-state index contributed by atoms with van der Waals surface area (Å²) in [6, 6.07) is 8.34. The first-order valence-corrected chi connectivity index (χ1v) is 16.5. The van der Waals surface area contributed by atoms with Crippen LogP contribution in [0.1, 0.15) is 135 Å². The Morgan fingerprint density at radius 3 is 2.02 bits per heavy atom. The van der Waals surface area contributed by atoms with Gasteiger partial charge >= 0.3 is 0 Å². The molecule has 0 radical (unpaired) electrons. The number of hydrogen-bond donors (Lipinski definition) is 2. The van der Waals surface area contributed by atoms with Crippen molar-refractivity contribution in [3.05, 3.63) is 60.2 Å². The number of benzene rings is 1. The third kappa shape index (κ3) is 14.8.